The van der Waals surface area contributed by atoms with Gasteiger partial charge in [-0.3, -0.25) is 0 Å². The van der Waals surface area contributed by atoms with Crippen molar-refractivity contribution < 1.29 is 46.9 Å². The van der Waals surface area contributed by atoms with Crippen molar-refractivity contribution in [3.05, 3.63) is 12.2 Å². The molecule has 0 amide bonds. The van der Waals surface area contributed by atoms with Gasteiger partial charge in [-0.25, -0.2) is 0 Å². The molecule has 6 heteroatoms. The Labute approximate surface area is 151 Å². The Kier molecular flexibility index (Phi) is 21.9. The average molecular weight is 352 g/mol. The molecular weight excluding hydrogens is 320 g/mol. The summed E-state index contributed by atoms with van der Waals surface area (Å²) >= 11 is 0. The summed E-state index contributed by atoms with van der Waals surface area (Å²) in [4.78, 5) is 9.49. The van der Waals surface area contributed by atoms with Crippen molar-refractivity contribution in [2.24, 2.45) is 0 Å². The second-order valence-electron chi connectivity index (χ2n) is 7.40. The van der Waals surface area contributed by atoms with Gasteiger partial charge in [-0.2, -0.15) is 0 Å². The molecule has 0 aliphatic heterocycles. The summed E-state index contributed by atoms with van der Waals surface area (Å²) in [7, 11) is 0. The largest absolute Gasteiger partial charge is 4.00 e. The number of carbonyl (C=O) groups is 1. The van der Waals surface area contributed by atoms with Crippen molar-refractivity contribution in [1.82, 2.24) is 0 Å². The molecule has 0 unspecified atom stereocenters. The quantitative estimate of drug-likeness (QED) is 0.477. The summed E-state index contributed by atoms with van der Waals surface area (Å²) in [5.41, 5.74) is -2.19. The van der Waals surface area contributed by atoms with E-state index < -0.39 is 22.8 Å². The second kappa shape index (κ2) is 14.4. The predicted octanol–water partition coefficient (Wildman–Crippen LogP) is -0.254. The van der Waals surface area contributed by atoms with Gasteiger partial charge in [0.15, 0.2) is 0 Å². The molecule has 0 fully saturated rings. The normalized spacial score (nSPS) is 10.2. The molecule has 130 valence electrons. The number of carboxylic acids is 1. The number of carbonyl (C=O) groups excluding carboxylic acids is 1. The molecule has 0 spiro atoms. The number of carboxylic acid groups (broad SMARTS) is 1. The Morgan fingerprint density at radius 3 is 0.773 bits per heavy atom. The van der Waals surface area contributed by atoms with Gasteiger partial charge in [0.2, 0.25) is 0 Å². The molecule has 0 saturated carbocycles. The first-order chi connectivity index (χ1) is 8.64. The first-order valence-electron chi connectivity index (χ1n) is 6.62. The molecule has 0 bridgehead atoms. The minimum Gasteiger partial charge on any atom is -0.850 e. The summed E-state index contributed by atoms with van der Waals surface area (Å²) < 4.78 is 0. The third-order valence-electron chi connectivity index (χ3n) is 0.348. The van der Waals surface area contributed by atoms with Crippen molar-refractivity contribution in [1.29, 1.82) is 0 Å². The topological polar surface area (TPSA) is 109 Å². The van der Waals surface area contributed by atoms with Gasteiger partial charge in [-0.1, -0.05) is 68.9 Å². The van der Waals surface area contributed by atoms with Crippen molar-refractivity contribution in [3.8, 4) is 0 Å². The Morgan fingerprint density at radius 1 is 0.727 bits per heavy atom. The molecule has 22 heavy (non-hydrogen) atoms. The van der Waals surface area contributed by atoms with Crippen molar-refractivity contribution in [2.75, 3.05) is 0 Å². The zero-order valence-corrected chi connectivity index (χ0v) is 17.3. The van der Waals surface area contributed by atoms with Crippen LogP contribution in [0.4, 0.5) is 0 Å². The van der Waals surface area contributed by atoms with Crippen LogP contribution in [0.2, 0.25) is 0 Å². The van der Waals surface area contributed by atoms with Crippen LogP contribution < -0.4 is 20.4 Å². The van der Waals surface area contributed by atoms with E-state index >= 15 is 0 Å². The Morgan fingerprint density at radius 2 is 0.773 bits per heavy atom. The Bertz CT molecular complexity index is 222. The maximum Gasteiger partial charge on any atom is 4.00 e. The molecule has 0 aromatic heterocycles. The van der Waals surface area contributed by atoms with E-state index in [4.69, 9.17) is 0 Å². The van der Waals surface area contributed by atoms with E-state index in [1.165, 1.54) is 6.92 Å². The zero-order chi connectivity index (χ0) is 18.7. The van der Waals surface area contributed by atoms with Crippen LogP contribution in [-0.2, 0) is 26.5 Å². The SMILES string of the molecule is C=C(C)C(=O)[O-].CC(C)(C)[O-].CC(C)(C)[O-].CC(C)(C)[O-].[Ti+4]. The molecule has 0 radical (unpaired) electrons. The van der Waals surface area contributed by atoms with Crippen molar-refractivity contribution >= 4 is 5.97 Å². The van der Waals surface area contributed by atoms with Gasteiger partial charge in [-0.15, -0.1) is 16.8 Å². The third-order valence-corrected chi connectivity index (χ3v) is 0.348. The Balaban J connectivity index is -0.0000000577. The van der Waals surface area contributed by atoms with Gasteiger partial charge in [0.05, 0.1) is 5.97 Å². The fourth-order valence-corrected chi connectivity index (χ4v) is 0. The zero-order valence-electron chi connectivity index (χ0n) is 15.7. The van der Waals surface area contributed by atoms with Gasteiger partial charge in [-0.05, 0) is 12.5 Å². The summed E-state index contributed by atoms with van der Waals surface area (Å²) in [6, 6.07) is 0. The molecule has 5 nitrogen and oxygen atoms in total. The minimum absolute atomic E-state index is 0. The second-order valence-corrected chi connectivity index (χ2v) is 7.40. The summed E-state index contributed by atoms with van der Waals surface area (Å²) in [5.74, 6) is -1.19. The molecule has 0 aliphatic carbocycles. The first-order valence-corrected chi connectivity index (χ1v) is 6.62. The van der Waals surface area contributed by atoms with Crippen LogP contribution in [0.15, 0.2) is 12.2 Å². The fourth-order valence-electron chi connectivity index (χ4n) is 0. The number of hydrogen-bond acceptors (Lipinski definition) is 5. The maximum atomic E-state index is 10.1. The molecule has 0 aliphatic rings. The first kappa shape index (κ1) is 33.4. The molecule has 0 N–H and O–H groups in total. The maximum absolute atomic E-state index is 10.1. The summed E-state index contributed by atoms with van der Waals surface area (Å²) in [6.45, 7) is 19.2. The van der Waals surface area contributed by atoms with E-state index in [1.807, 2.05) is 0 Å². The molecular formula is C16H32O5Ti. The number of aliphatic carboxylic acids is 1. The van der Waals surface area contributed by atoms with Crippen LogP contribution in [0.3, 0.4) is 0 Å². The molecule has 0 heterocycles. The number of rotatable bonds is 1. The third kappa shape index (κ3) is 484. The molecule has 0 saturated heterocycles. The Hall–Kier alpha value is -0.196. The summed E-state index contributed by atoms with van der Waals surface area (Å²) in [6.07, 6.45) is 0. The van der Waals surface area contributed by atoms with Gasteiger partial charge in [0.25, 0.3) is 0 Å². The van der Waals surface area contributed by atoms with Gasteiger partial charge in [0, 0.05) is 0 Å². The van der Waals surface area contributed by atoms with E-state index in [1.54, 1.807) is 62.3 Å². The average Bonchev–Trinajstić information content (AvgIpc) is 1.92. The molecule has 0 atom stereocenters. The van der Waals surface area contributed by atoms with E-state index in [2.05, 4.69) is 6.58 Å². The van der Waals surface area contributed by atoms with E-state index in [9.17, 15) is 25.2 Å². The van der Waals surface area contributed by atoms with E-state index in [0.29, 0.717) is 0 Å². The minimum atomic E-state index is -1.19. The van der Waals surface area contributed by atoms with Crippen LogP contribution in [0.25, 0.3) is 0 Å². The van der Waals surface area contributed by atoms with Crippen LogP contribution >= 0.6 is 0 Å². The molecule has 0 rings (SSSR count). The monoisotopic (exact) mass is 352 g/mol. The molecule has 0 aromatic carbocycles. The van der Waals surface area contributed by atoms with E-state index in [-0.39, 0.29) is 27.3 Å². The van der Waals surface area contributed by atoms with Crippen molar-refractivity contribution in [2.45, 2.75) is 86.0 Å². The van der Waals surface area contributed by atoms with Crippen LogP contribution in [0.5, 0.6) is 0 Å². The van der Waals surface area contributed by atoms with Crippen molar-refractivity contribution in [3.63, 3.8) is 0 Å². The van der Waals surface area contributed by atoms with Gasteiger partial charge in [0.1, 0.15) is 0 Å². The van der Waals surface area contributed by atoms with Gasteiger partial charge < -0.3 is 25.2 Å². The van der Waals surface area contributed by atoms with E-state index in [0.717, 1.165) is 0 Å². The van der Waals surface area contributed by atoms with Crippen LogP contribution in [-0.4, -0.2) is 22.8 Å². The molecule has 0 aromatic rings. The standard InChI is InChI=1S/C4H6O2.3C4H9O.Ti/c1-3(2)4(5)6;3*1-4(2,3)5;/h1H2,2H3,(H,5,6);3*1-3H3;/q;3*-1;+4/p-1. The van der Waals surface area contributed by atoms with Crippen LogP contribution in [0.1, 0.15) is 69.2 Å². The van der Waals surface area contributed by atoms with Gasteiger partial charge >= 0.3 is 21.7 Å². The number of hydrogen-bond donors (Lipinski definition) is 0. The summed E-state index contributed by atoms with van der Waals surface area (Å²) in [5, 5.41) is 39.8. The van der Waals surface area contributed by atoms with Crippen LogP contribution in [0, 0.1) is 0 Å². The fraction of sp³-hybridized carbons (Fsp3) is 0.812. The smallest absolute Gasteiger partial charge is 0.850 e. The predicted molar refractivity (Wildman–Crippen MR) is 79.1 cm³/mol.